The molecular formula is C21H28O2S. The van der Waals surface area contributed by atoms with Gasteiger partial charge in [0, 0.05) is 17.1 Å². The number of Topliss-reactive ketones (excluding diaryl/α,β-unsaturated/α-hetero) is 1. The Balaban J connectivity index is 2.15. The quantitative estimate of drug-likeness (QED) is 0.415. The largest absolute Gasteiger partial charge is 0.496 e. The number of allylic oxidation sites excluding steroid dienone is 2. The minimum Gasteiger partial charge on any atom is -0.496 e. The zero-order valence-corrected chi connectivity index (χ0v) is 16.0. The molecule has 130 valence electrons. The first-order valence-electron chi connectivity index (χ1n) is 8.50. The summed E-state index contributed by atoms with van der Waals surface area (Å²) in [6.07, 6.45) is 3.70. The number of thioether (sulfide) groups is 1. The summed E-state index contributed by atoms with van der Waals surface area (Å²) in [6.45, 7) is 10.6. The van der Waals surface area contributed by atoms with Crippen LogP contribution in [0.15, 0.2) is 42.5 Å². The first-order valence-corrected chi connectivity index (χ1v) is 9.66. The average molecular weight is 345 g/mol. The van der Waals surface area contributed by atoms with Crippen LogP contribution in [0, 0.1) is 5.92 Å². The van der Waals surface area contributed by atoms with Crippen LogP contribution in [0.4, 0.5) is 0 Å². The van der Waals surface area contributed by atoms with Crippen LogP contribution in [0.2, 0.25) is 0 Å². The lowest BCUT2D eigenvalue weighted by molar-refractivity contribution is -0.119. The molecule has 2 nitrogen and oxygen atoms in total. The molecule has 1 aliphatic rings. The van der Waals surface area contributed by atoms with Crippen LogP contribution in [-0.4, -0.2) is 24.4 Å². The van der Waals surface area contributed by atoms with Crippen molar-refractivity contribution in [1.29, 1.82) is 0 Å². The highest BCUT2D eigenvalue weighted by Crippen LogP contribution is 2.28. The Morgan fingerprint density at radius 3 is 2.29 bits per heavy atom. The minimum absolute atomic E-state index is 0.119. The van der Waals surface area contributed by atoms with Gasteiger partial charge in [0.25, 0.3) is 0 Å². The molecule has 0 amide bonds. The molecule has 1 saturated heterocycles. The Hall–Kier alpha value is -1.48. The number of carbonyl (C=O) groups excluding carboxylic acids is 1. The molecule has 2 rings (SSSR count). The molecule has 1 heterocycles. The number of benzene rings is 1. The molecule has 1 aromatic rings. The van der Waals surface area contributed by atoms with Gasteiger partial charge in [0.2, 0.25) is 0 Å². The number of ketones is 1. The molecule has 0 N–H and O–H groups in total. The maximum absolute atomic E-state index is 12.6. The molecule has 24 heavy (non-hydrogen) atoms. The Morgan fingerprint density at radius 1 is 1.21 bits per heavy atom. The molecule has 0 atom stereocenters. The number of ether oxygens (including phenoxy) is 1. The van der Waals surface area contributed by atoms with Crippen molar-refractivity contribution in [2.45, 2.75) is 39.0 Å². The van der Waals surface area contributed by atoms with Gasteiger partial charge in [-0.05, 0) is 41.4 Å². The fourth-order valence-corrected chi connectivity index (χ4v) is 3.95. The third-order valence-corrected chi connectivity index (χ3v) is 5.52. The SMILES string of the molecule is C=C(/C=C(\OC)c1ccc(C(C)(C)C)cc1)C(=O)C1CCSCC1. The smallest absolute Gasteiger partial charge is 0.165 e. The van der Waals surface area contributed by atoms with Gasteiger partial charge in [0.1, 0.15) is 5.76 Å². The van der Waals surface area contributed by atoms with Crippen molar-refractivity contribution in [3.05, 3.63) is 53.6 Å². The van der Waals surface area contributed by atoms with Crippen molar-refractivity contribution in [3.8, 4) is 0 Å². The summed E-state index contributed by atoms with van der Waals surface area (Å²) in [6, 6.07) is 8.33. The summed E-state index contributed by atoms with van der Waals surface area (Å²) in [5.74, 6) is 3.11. The lowest BCUT2D eigenvalue weighted by Gasteiger charge is -2.21. The summed E-state index contributed by atoms with van der Waals surface area (Å²) in [5.41, 5.74) is 2.91. The topological polar surface area (TPSA) is 26.3 Å². The second-order valence-corrected chi connectivity index (χ2v) is 8.54. The molecule has 0 aliphatic carbocycles. The molecule has 1 aromatic carbocycles. The average Bonchev–Trinajstić information content (AvgIpc) is 2.59. The lowest BCUT2D eigenvalue weighted by Crippen LogP contribution is -2.20. The van der Waals surface area contributed by atoms with Crippen LogP contribution >= 0.6 is 11.8 Å². The third kappa shape index (κ3) is 4.76. The summed E-state index contributed by atoms with van der Waals surface area (Å²) < 4.78 is 5.51. The Bertz CT molecular complexity index is 614. The predicted molar refractivity (Wildman–Crippen MR) is 104 cm³/mol. The molecule has 1 fully saturated rings. The molecule has 1 aliphatic heterocycles. The minimum atomic E-state index is 0.119. The zero-order valence-electron chi connectivity index (χ0n) is 15.2. The van der Waals surface area contributed by atoms with Crippen LogP contribution in [0.1, 0.15) is 44.7 Å². The number of carbonyl (C=O) groups is 1. The first kappa shape index (κ1) is 18.9. The summed E-state index contributed by atoms with van der Waals surface area (Å²) in [7, 11) is 1.64. The van der Waals surface area contributed by atoms with Crippen molar-refractivity contribution in [2.24, 2.45) is 5.92 Å². The molecule has 3 heteroatoms. The Morgan fingerprint density at radius 2 is 1.79 bits per heavy atom. The van der Waals surface area contributed by atoms with E-state index in [1.54, 1.807) is 13.2 Å². The van der Waals surface area contributed by atoms with E-state index in [1.165, 1.54) is 5.56 Å². The highest BCUT2D eigenvalue weighted by atomic mass is 32.2. The number of hydrogen-bond donors (Lipinski definition) is 0. The lowest BCUT2D eigenvalue weighted by atomic mass is 9.86. The van der Waals surface area contributed by atoms with Crippen LogP contribution < -0.4 is 0 Å². The molecule has 0 aromatic heterocycles. The van der Waals surface area contributed by atoms with Crippen molar-refractivity contribution < 1.29 is 9.53 Å². The van der Waals surface area contributed by atoms with Crippen LogP contribution in [0.25, 0.3) is 5.76 Å². The van der Waals surface area contributed by atoms with Crippen molar-refractivity contribution in [2.75, 3.05) is 18.6 Å². The molecule has 0 bridgehead atoms. The van der Waals surface area contributed by atoms with Crippen LogP contribution in [-0.2, 0) is 14.9 Å². The van der Waals surface area contributed by atoms with Gasteiger partial charge in [0.15, 0.2) is 5.78 Å². The number of methoxy groups -OCH3 is 1. The summed E-state index contributed by atoms with van der Waals surface area (Å²) >= 11 is 1.92. The highest BCUT2D eigenvalue weighted by Gasteiger charge is 2.23. The van der Waals surface area contributed by atoms with Gasteiger partial charge in [0.05, 0.1) is 7.11 Å². The molecule has 0 saturated carbocycles. The van der Waals surface area contributed by atoms with Crippen LogP contribution in [0.3, 0.4) is 0 Å². The summed E-state index contributed by atoms with van der Waals surface area (Å²) in [4.78, 5) is 12.6. The second-order valence-electron chi connectivity index (χ2n) is 7.32. The number of hydrogen-bond acceptors (Lipinski definition) is 3. The van der Waals surface area contributed by atoms with Gasteiger partial charge in [-0.25, -0.2) is 0 Å². The van der Waals surface area contributed by atoms with Gasteiger partial charge >= 0.3 is 0 Å². The van der Waals surface area contributed by atoms with Crippen molar-refractivity contribution in [1.82, 2.24) is 0 Å². The zero-order chi connectivity index (χ0) is 17.7. The Labute approximate surface area is 150 Å². The van der Waals surface area contributed by atoms with Gasteiger partial charge in [-0.1, -0.05) is 51.6 Å². The Kier molecular flexibility index (Phi) is 6.34. The molecule has 0 spiro atoms. The predicted octanol–water partition coefficient (Wildman–Crippen LogP) is 5.24. The maximum atomic E-state index is 12.6. The van der Waals surface area contributed by atoms with E-state index in [1.807, 2.05) is 23.9 Å². The second kappa shape index (κ2) is 8.06. The van der Waals surface area contributed by atoms with E-state index in [2.05, 4.69) is 39.5 Å². The van der Waals surface area contributed by atoms with E-state index >= 15 is 0 Å². The van der Waals surface area contributed by atoms with Gasteiger partial charge in [-0.3, -0.25) is 4.79 Å². The standard InChI is InChI=1S/C21H28O2S/c1-15(20(22)17-10-12-24-13-11-17)14-19(23-5)16-6-8-18(9-7-16)21(2,3)4/h6-9,14,17H,1,10-13H2,2-5H3/b19-14-. The normalized spacial score (nSPS) is 16.8. The molecular weight excluding hydrogens is 316 g/mol. The maximum Gasteiger partial charge on any atom is 0.165 e. The fraction of sp³-hybridized carbons (Fsp3) is 0.476. The summed E-state index contributed by atoms with van der Waals surface area (Å²) in [5, 5.41) is 0. The third-order valence-electron chi connectivity index (χ3n) is 4.47. The fourth-order valence-electron chi connectivity index (χ4n) is 2.85. The van der Waals surface area contributed by atoms with E-state index in [4.69, 9.17) is 4.74 Å². The van der Waals surface area contributed by atoms with E-state index in [-0.39, 0.29) is 17.1 Å². The first-order chi connectivity index (χ1) is 11.3. The molecule has 0 unspecified atom stereocenters. The van der Waals surface area contributed by atoms with E-state index < -0.39 is 0 Å². The van der Waals surface area contributed by atoms with Gasteiger partial charge in [-0.2, -0.15) is 11.8 Å². The van der Waals surface area contributed by atoms with Gasteiger partial charge < -0.3 is 4.74 Å². The van der Waals surface area contributed by atoms with Crippen LogP contribution in [0.5, 0.6) is 0 Å². The van der Waals surface area contributed by atoms with E-state index in [0.29, 0.717) is 11.3 Å². The number of rotatable bonds is 5. The van der Waals surface area contributed by atoms with E-state index in [0.717, 1.165) is 29.9 Å². The highest BCUT2D eigenvalue weighted by molar-refractivity contribution is 7.99. The molecule has 0 radical (unpaired) electrons. The van der Waals surface area contributed by atoms with Gasteiger partial charge in [-0.15, -0.1) is 0 Å². The van der Waals surface area contributed by atoms with E-state index in [9.17, 15) is 4.79 Å². The van der Waals surface area contributed by atoms with Crippen molar-refractivity contribution >= 4 is 23.3 Å². The van der Waals surface area contributed by atoms with Crippen molar-refractivity contribution in [3.63, 3.8) is 0 Å². The monoisotopic (exact) mass is 344 g/mol.